The zero-order valence-electron chi connectivity index (χ0n) is 11.4. The van der Waals surface area contributed by atoms with Gasteiger partial charge >= 0.3 is 0 Å². The molecule has 1 saturated carbocycles. The fourth-order valence-electron chi connectivity index (χ4n) is 3.11. The summed E-state index contributed by atoms with van der Waals surface area (Å²) >= 11 is 0. The number of hydrogen-bond donors (Lipinski definition) is 1. The van der Waals surface area contributed by atoms with Gasteiger partial charge in [-0.05, 0) is 24.7 Å². The summed E-state index contributed by atoms with van der Waals surface area (Å²) in [5.74, 6) is 0.254. The third kappa shape index (κ3) is 2.18. The van der Waals surface area contributed by atoms with Crippen LogP contribution in [0.5, 0.6) is 0 Å². The molecule has 2 aliphatic rings. The number of rotatable bonds is 4. The molecule has 2 rings (SSSR count). The van der Waals surface area contributed by atoms with Gasteiger partial charge < -0.3 is 5.11 Å². The number of nitrogens with zero attached hydrogens (tertiary/aromatic N) is 1. The summed E-state index contributed by atoms with van der Waals surface area (Å²) in [6, 6.07) is 0. The van der Waals surface area contributed by atoms with Crippen LogP contribution >= 0.6 is 0 Å². The van der Waals surface area contributed by atoms with Crippen LogP contribution in [0.3, 0.4) is 0 Å². The third-order valence-electron chi connectivity index (χ3n) is 4.54. The second kappa shape index (κ2) is 5.00. The van der Waals surface area contributed by atoms with Gasteiger partial charge in [-0.15, -0.1) is 0 Å². The summed E-state index contributed by atoms with van der Waals surface area (Å²) in [4.78, 5) is 25.7. The first-order valence-electron chi connectivity index (χ1n) is 6.99. The van der Waals surface area contributed by atoms with Crippen LogP contribution in [0.25, 0.3) is 0 Å². The molecule has 0 aromatic heterocycles. The van der Waals surface area contributed by atoms with E-state index in [0.29, 0.717) is 5.92 Å². The molecular weight excluding hydrogens is 230 g/mol. The maximum Gasteiger partial charge on any atom is 0.233 e. The summed E-state index contributed by atoms with van der Waals surface area (Å²) in [6.07, 6.45) is 2.13. The fourth-order valence-corrected chi connectivity index (χ4v) is 3.11. The molecular formula is C14H23NO3. The summed E-state index contributed by atoms with van der Waals surface area (Å²) in [6.45, 7) is 6.06. The SMILES string of the molecule is CCC1CC2C(=O)N(CC(O)C(C)C)C(=O)C2C1. The van der Waals surface area contributed by atoms with E-state index in [0.717, 1.165) is 19.3 Å². The Morgan fingerprint density at radius 1 is 1.22 bits per heavy atom. The highest BCUT2D eigenvalue weighted by Crippen LogP contribution is 2.44. The monoisotopic (exact) mass is 253 g/mol. The quantitative estimate of drug-likeness (QED) is 0.771. The number of hydrogen-bond acceptors (Lipinski definition) is 3. The van der Waals surface area contributed by atoms with E-state index in [4.69, 9.17) is 0 Å². The Kier molecular flexibility index (Phi) is 3.76. The average Bonchev–Trinajstić information content (AvgIpc) is 2.84. The number of carbonyl (C=O) groups excluding carboxylic acids is 2. The molecule has 0 spiro atoms. The molecule has 1 aliphatic carbocycles. The van der Waals surface area contributed by atoms with Crippen molar-refractivity contribution in [1.82, 2.24) is 4.90 Å². The Morgan fingerprint density at radius 3 is 2.11 bits per heavy atom. The molecule has 102 valence electrons. The first-order chi connectivity index (χ1) is 8.45. The van der Waals surface area contributed by atoms with Crippen LogP contribution in [0.1, 0.15) is 40.0 Å². The summed E-state index contributed by atoms with van der Waals surface area (Å²) in [5, 5.41) is 9.84. The van der Waals surface area contributed by atoms with Crippen LogP contribution in [-0.4, -0.2) is 34.5 Å². The largest absolute Gasteiger partial charge is 0.391 e. The van der Waals surface area contributed by atoms with Crippen molar-refractivity contribution in [1.29, 1.82) is 0 Å². The number of imide groups is 1. The second-order valence-corrected chi connectivity index (χ2v) is 6.06. The molecule has 18 heavy (non-hydrogen) atoms. The van der Waals surface area contributed by atoms with Crippen molar-refractivity contribution in [3.8, 4) is 0 Å². The molecule has 0 radical (unpaired) electrons. The van der Waals surface area contributed by atoms with E-state index in [1.54, 1.807) is 0 Å². The normalized spacial score (nSPS) is 33.4. The van der Waals surface area contributed by atoms with Crippen LogP contribution in [0.2, 0.25) is 0 Å². The van der Waals surface area contributed by atoms with Crippen LogP contribution in [0.15, 0.2) is 0 Å². The predicted octanol–water partition coefficient (Wildman–Crippen LogP) is 1.42. The molecule has 1 aliphatic heterocycles. The van der Waals surface area contributed by atoms with Gasteiger partial charge in [0.15, 0.2) is 0 Å². The minimum atomic E-state index is -0.612. The molecule has 1 saturated heterocycles. The number of fused-ring (bicyclic) bond motifs is 1. The number of carbonyl (C=O) groups is 2. The molecule has 0 aromatic rings. The van der Waals surface area contributed by atoms with Crippen molar-refractivity contribution in [3.63, 3.8) is 0 Å². The smallest absolute Gasteiger partial charge is 0.233 e. The van der Waals surface area contributed by atoms with Gasteiger partial charge in [-0.3, -0.25) is 14.5 Å². The lowest BCUT2D eigenvalue weighted by Gasteiger charge is -2.22. The van der Waals surface area contributed by atoms with Crippen LogP contribution in [0, 0.1) is 23.7 Å². The number of β-amino-alcohol motifs (C(OH)–C–C–N with tert-alkyl or cyclic N) is 1. The Balaban J connectivity index is 2.05. The molecule has 2 fully saturated rings. The Hall–Kier alpha value is -0.900. The maximum absolute atomic E-state index is 12.2. The van der Waals surface area contributed by atoms with Gasteiger partial charge in [-0.2, -0.15) is 0 Å². The Bertz CT molecular complexity index is 329. The van der Waals surface area contributed by atoms with E-state index >= 15 is 0 Å². The summed E-state index contributed by atoms with van der Waals surface area (Å²) in [7, 11) is 0. The molecule has 4 heteroatoms. The van der Waals surface area contributed by atoms with Crippen molar-refractivity contribution < 1.29 is 14.7 Å². The lowest BCUT2D eigenvalue weighted by atomic mass is 10.00. The average molecular weight is 253 g/mol. The zero-order valence-corrected chi connectivity index (χ0v) is 11.4. The van der Waals surface area contributed by atoms with Gasteiger partial charge in [0.2, 0.25) is 11.8 Å². The van der Waals surface area contributed by atoms with Crippen LogP contribution < -0.4 is 0 Å². The van der Waals surface area contributed by atoms with Crippen molar-refractivity contribution in [2.75, 3.05) is 6.54 Å². The van der Waals surface area contributed by atoms with Gasteiger partial charge in [0, 0.05) is 0 Å². The maximum atomic E-state index is 12.2. The number of likely N-dealkylation sites (tertiary alicyclic amines) is 1. The predicted molar refractivity (Wildman–Crippen MR) is 67.6 cm³/mol. The standard InChI is InChI=1S/C14H23NO3/c1-4-9-5-10-11(6-9)14(18)15(13(10)17)7-12(16)8(2)3/h8-12,16H,4-7H2,1-3H3. The first kappa shape index (κ1) is 13.5. The van der Waals surface area contributed by atoms with Crippen molar-refractivity contribution >= 4 is 11.8 Å². The van der Waals surface area contributed by atoms with E-state index in [9.17, 15) is 14.7 Å². The van der Waals surface area contributed by atoms with Gasteiger partial charge in [0.25, 0.3) is 0 Å². The van der Waals surface area contributed by atoms with Crippen molar-refractivity contribution in [2.45, 2.75) is 46.1 Å². The highest BCUT2D eigenvalue weighted by molar-refractivity contribution is 6.05. The van der Waals surface area contributed by atoms with E-state index in [1.165, 1.54) is 4.90 Å². The number of amides is 2. The Morgan fingerprint density at radius 2 is 1.72 bits per heavy atom. The van der Waals surface area contributed by atoms with Gasteiger partial charge in [-0.25, -0.2) is 0 Å². The van der Waals surface area contributed by atoms with Crippen molar-refractivity contribution in [3.05, 3.63) is 0 Å². The van der Waals surface area contributed by atoms with E-state index in [2.05, 4.69) is 6.92 Å². The lowest BCUT2D eigenvalue weighted by Crippen LogP contribution is -2.40. The van der Waals surface area contributed by atoms with Crippen molar-refractivity contribution in [2.24, 2.45) is 23.7 Å². The lowest BCUT2D eigenvalue weighted by molar-refractivity contribution is -0.142. The summed E-state index contributed by atoms with van der Waals surface area (Å²) < 4.78 is 0. The zero-order chi connectivity index (χ0) is 13.4. The highest BCUT2D eigenvalue weighted by Gasteiger charge is 2.52. The van der Waals surface area contributed by atoms with Gasteiger partial charge in [0.1, 0.15) is 0 Å². The van der Waals surface area contributed by atoms with E-state index in [-0.39, 0.29) is 36.1 Å². The summed E-state index contributed by atoms with van der Waals surface area (Å²) in [5.41, 5.74) is 0. The number of aliphatic hydroxyl groups excluding tert-OH is 1. The minimum Gasteiger partial charge on any atom is -0.391 e. The van der Waals surface area contributed by atoms with Gasteiger partial charge in [0.05, 0.1) is 24.5 Å². The fraction of sp³-hybridized carbons (Fsp3) is 0.857. The highest BCUT2D eigenvalue weighted by atomic mass is 16.3. The Labute approximate surface area is 108 Å². The molecule has 2 amide bonds. The molecule has 3 atom stereocenters. The van der Waals surface area contributed by atoms with Crippen LogP contribution in [-0.2, 0) is 9.59 Å². The molecule has 4 nitrogen and oxygen atoms in total. The topological polar surface area (TPSA) is 57.6 Å². The van der Waals surface area contributed by atoms with E-state index < -0.39 is 6.10 Å². The van der Waals surface area contributed by atoms with Gasteiger partial charge in [-0.1, -0.05) is 27.2 Å². The molecule has 3 unspecified atom stereocenters. The minimum absolute atomic E-state index is 0.0550. The molecule has 0 bridgehead atoms. The second-order valence-electron chi connectivity index (χ2n) is 6.06. The third-order valence-corrected chi connectivity index (χ3v) is 4.54. The molecule has 0 aromatic carbocycles. The molecule has 1 N–H and O–H groups in total. The van der Waals surface area contributed by atoms with E-state index in [1.807, 2.05) is 13.8 Å². The first-order valence-corrected chi connectivity index (χ1v) is 6.99. The van der Waals surface area contributed by atoms with Crippen LogP contribution in [0.4, 0.5) is 0 Å². The number of aliphatic hydroxyl groups is 1. The molecule has 1 heterocycles.